The van der Waals surface area contributed by atoms with E-state index in [1.165, 1.54) is 0 Å². The van der Waals surface area contributed by atoms with Crippen LogP contribution in [-0.2, 0) is 17.6 Å². The van der Waals surface area contributed by atoms with Crippen LogP contribution < -0.4 is 0 Å². The number of likely N-dealkylation sites (N-methyl/N-ethyl adjacent to an activating group) is 1. The van der Waals surface area contributed by atoms with Crippen molar-refractivity contribution in [3.8, 4) is 22.7 Å². The van der Waals surface area contributed by atoms with E-state index in [0.717, 1.165) is 35.4 Å². The van der Waals surface area contributed by atoms with Gasteiger partial charge in [0.2, 0.25) is 11.8 Å². The number of aryl methyl sites for hydroxylation is 1. The predicted molar refractivity (Wildman–Crippen MR) is 114 cm³/mol. The van der Waals surface area contributed by atoms with Crippen LogP contribution >= 0.6 is 0 Å². The van der Waals surface area contributed by atoms with E-state index in [1.807, 2.05) is 66.7 Å². The molecule has 4 rings (SSSR count). The highest BCUT2D eigenvalue weighted by molar-refractivity contribution is 5.78. The first-order valence-electron chi connectivity index (χ1n) is 9.94. The second-order valence-electron chi connectivity index (χ2n) is 7.15. The van der Waals surface area contributed by atoms with Crippen molar-refractivity contribution in [2.45, 2.75) is 19.3 Å². The lowest BCUT2D eigenvalue weighted by atomic mass is 10.1. The molecule has 0 unspecified atom stereocenters. The van der Waals surface area contributed by atoms with E-state index < -0.39 is 0 Å². The Balaban J connectivity index is 1.25. The van der Waals surface area contributed by atoms with Crippen molar-refractivity contribution in [2.75, 3.05) is 13.6 Å². The minimum absolute atomic E-state index is 0.00505. The van der Waals surface area contributed by atoms with Crippen molar-refractivity contribution < 1.29 is 13.7 Å². The van der Waals surface area contributed by atoms with E-state index in [-0.39, 0.29) is 12.3 Å². The monoisotopic (exact) mass is 401 g/mol. The van der Waals surface area contributed by atoms with E-state index in [2.05, 4.69) is 10.1 Å². The van der Waals surface area contributed by atoms with Gasteiger partial charge in [-0.05, 0) is 18.6 Å². The maximum atomic E-state index is 12.5. The molecular formula is C24H23N3O3. The number of aromatic nitrogens is 2. The molecule has 0 saturated heterocycles. The predicted octanol–water partition coefficient (Wildman–Crippen LogP) is 4.63. The average molecular weight is 401 g/mol. The first-order chi connectivity index (χ1) is 14.7. The fourth-order valence-corrected chi connectivity index (χ4v) is 3.18. The third-order valence-electron chi connectivity index (χ3n) is 4.88. The molecule has 2 aromatic heterocycles. The molecule has 0 spiro atoms. The fourth-order valence-electron chi connectivity index (χ4n) is 3.18. The standard InChI is InChI=1S/C24H23N3O3/c1-27(14-8-13-21-16-22(26-30-21)18-9-4-2-5-10-18)23(28)15-20-17-29-24(25-20)19-11-6-3-7-12-19/h2-7,9-12,16-17H,8,13-15H2,1H3. The first kappa shape index (κ1) is 19.6. The lowest BCUT2D eigenvalue weighted by Gasteiger charge is -2.15. The van der Waals surface area contributed by atoms with Crippen molar-refractivity contribution in [2.24, 2.45) is 0 Å². The van der Waals surface area contributed by atoms with Crippen LogP contribution in [0.2, 0.25) is 0 Å². The molecule has 2 aromatic carbocycles. The smallest absolute Gasteiger partial charge is 0.228 e. The maximum absolute atomic E-state index is 12.5. The molecule has 0 N–H and O–H groups in total. The molecule has 0 aliphatic carbocycles. The van der Waals surface area contributed by atoms with Crippen molar-refractivity contribution in [3.63, 3.8) is 0 Å². The number of rotatable bonds is 8. The Bertz CT molecular complexity index is 1090. The number of oxazole rings is 1. The van der Waals surface area contributed by atoms with Gasteiger partial charge >= 0.3 is 0 Å². The summed E-state index contributed by atoms with van der Waals surface area (Å²) in [6, 6.07) is 21.5. The quantitative estimate of drug-likeness (QED) is 0.430. The minimum Gasteiger partial charge on any atom is -0.444 e. The van der Waals surface area contributed by atoms with Crippen LogP contribution in [0.5, 0.6) is 0 Å². The van der Waals surface area contributed by atoms with Gasteiger partial charge in [-0.1, -0.05) is 53.7 Å². The van der Waals surface area contributed by atoms with Gasteiger partial charge in [-0.15, -0.1) is 0 Å². The first-order valence-corrected chi connectivity index (χ1v) is 9.94. The summed E-state index contributed by atoms with van der Waals surface area (Å²) in [7, 11) is 1.80. The molecule has 152 valence electrons. The second kappa shape index (κ2) is 9.22. The summed E-state index contributed by atoms with van der Waals surface area (Å²) in [5.74, 6) is 1.35. The molecule has 0 aliphatic heterocycles. The number of hydrogen-bond donors (Lipinski definition) is 0. The zero-order valence-electron chi connectivity index (χ0n) is 16.8. The van der Waals surface area contributed by atoms with Gasteiger partial charge in [-0.3, -0.25) is 4.79 Å². The van der Waals surface area contributed by atoms with Crippen molar-refractivity contribution in [3.05, 3.63) is 84.4 Å². The molecule has 0 saturated carbocycles. The van der Waals surface area contributed by atoms with Crippen LogP contribution in [0.3, 0.4) is 0 Å². The molecule has 0 radical (unpaired) electrons. The summed E-state index contributed by atoms with van der Waals surface area (Å²) < 4.78 is 10.9. The van der Waals surface area contributed by atoms with Gasteiger partial charge in [0.05, 0.1) is 12.1 Å². The molecule has 0 fully saturated rings. The zero-order chi connectivity index (χ0) is 20.8. The highest BCUT2D eigenvalue weighted by atomic mass is 16.5. The SMILES string of the molecule is CN(CCCc1cc(-c2ccccc2)no1)C(=O)Cc1coc(-c2ccccc2)n1. The van der Waals surface area contributed by atoms with Crippen LogP contribution in [-0.4, -0.2) is 34.5 Å². The summed E-state index contributed by atoms with van der Waals surface area (Å²) in [5.41, 5.74) is 3.39. The third kappa shape index (κ3) is 4.84. The Morgan fingerprint density at radius 1 is 1.00 bits per heavy atom. The molecular weight excluding hydrogens is 378 g/mol. The molecule has 30 heavy (non-hydrogen) atoms. The molecule has 0 atom stereocenters. The number of carbonyl (C=O) groups is 1. The van der Waals surface area contributed by atoms with Gasteiger partial charge in [-0.2, -0.15) is 0 Å². The molecule has 1 amide bonds. The molecule has 2 heterocycles. The Morgan fingerprint density at radius 3 is 2.43 bits per heavy atom. The van der Waals surface area contributed by atoms with Crippen molar-refractivity contribution in [1.82, 2.24) is 15.0 Å². The summed E-state index contributed by atoms with van der Waals surface area (Å²) >= 11 is 0. The van der Waals surface area contributed by atoms with Crippen molar-refractivity contribution >= 4 is 5.91 Å². The summed E-state index contributed by atoms with van der Waals surface area (Å²) in [6.07, 6.45) is 3.28. The fraction of sp³-hybridized carbons (Fsp3) is 0.208. The normalized spacial score (nSPS) is 10.8. The molecule has 6 heteroatoms. The molecule has 0 aliphatic rings. The van der Waals surface area contributed by atoms with Crippen LogP contribution in [0, 0.1) is 0 Å². The lowest BCUT2D eigenvalue weighted by Crippen LogP contribution is -2.29. The van der Waals surface area contributed by atoms with Crippen LogP contribution in [0.15, 0.2) is 81.9 Å². The lowest BCUT2D eigenvalue weighted by molar-refractivity contribution is -0.129. The number of nitrogens with zero attached hydrogens (tertiary/aromatic N) is 3. The number of hydrogen-bond acceptors (Lipinski definition) is 5. The van der Waals surface area contributed by atoms with E-state index in [1.54, 1.807) is 18.2 Å². The van der Waals surface area contributed by atoms with E-state index in [4.69, 9.17) is 8.94 Å². The Hall–Kier alpha value is -3.67. The van der Waals surface area contributed by atoms with Crippen LogP contribution in [0.25, 0.3) is 22.7 Å². The maximum Gasteiger partial charge on any atom is 0.228 e. The van der Waals surface area contributed by atoms with Gasteiger partial charge < -0.3 is 13.8 Å². The number of benzene rings is 2. The third-order valence-corrected chi connectivity index (χ3v) is 4.88. The Morgan fingerprint density at radius 2 is 1.70 bits per heavy atom. The highest BCUT2D eigenvalue weighted by Gasteiger charge is 2.14. The van der Waals surface area contributed by atoms with E-state index in [9.17, 15) is 4.79 Å². The Labute approximate surface area is 175 Å². The van der Waals surface area contributed by atoms with Gasteiger partial charge in [0.25, 0.3) is 0 Å². The Kier molecular flexibility index (Phi) is 6.03. The average Bonchev–Trinajstić information content (AvgIpc) is 3.45. The molecule has 6 nitrogen and oxygen atoms in total. The van der Waals surface area contributed by atoms with Crippen LogP contribution in [0.1, 0.15) is 17.9 Å². The topological polar surface area (TPSA) is 72.4 Å². The zero-order valence-corrected chi connectivity index (χ0v) is 16.8. The van der Waals surface area contributed by atoms with Gasteiger partial charge in [0.15, 0.2) is 0 Å². The van der Waals surface area contributed by atoms with Gasteiger partial charge in [0.1, 0.15) is 17.7 Å². The summed E-state index contributed by atoms with van der Waals surface area (Å²) in [6.45, 7) is 0.629. The van der Waals surface area contributed by atoms with Gasteiger partial charge in [0, 0.05) is 37.2 Å². The number of amides is 1. The van der Waals surface area contributed by atoms with Crippen molar-refractivity contribution in [1.29, 1.82) is 0 Å². The van der Waals surface area contributed by atoms with Crippen LogP contribution in [0.4, 0.5) is 0 Å². The minimum atomic E-state index is 0.00505. The second-order valence-corrected chi connectivity index (χ2v) is 7.15. The molecule has 0 bridgehead atoms. The largest absolute Gasteiger partial charge is 0.444 e. The highest BCUT2D eigenvalue weighted by Crippen LogP contribution is 2.20. The number of carbonyl (C=O) groups excluding carboxylic acids is 1. The summed E-state index contributed by atoms with van der Waals surface area (Å²) in [5, 5.41) is 4.13. The van der Waals surface area contributed by atoms with Gasteiger partial charge in [-0.25, -0.2) is 4.98 Å². The summed E-state index contributed by atoms with van der Waals surface area (Å²) in [4.78, 5) is 18.6. The molecule has 4 aromatic rings. The van der Waals surface area contributed by atoms with E-state index >= 15 is 0 Å². The van der Waals surface area contributed by atoms with E-state index in [0.29, 0.717) is 18.1 Å².